The zero-order valence-corrected chi connectivity index (χ0v) is 13.5. The van der Waals surface area contributed by atoms with Gasteiger partial charge in [-0.3, -0.25) is 4.79 Å². The van der Waals surface area contributed by atoms with Crippen molar-refractivity contribution in [2.24, 2.45) is 0 Å². The molecule has 2 aromatic carbocycles. The van der Waals surface area contributed by atoms with Gasteiger partial charge in [-0.15, -0.1) is 0 Å². The molecule has 1 aliphatic rings. The number of esters is 1. The van der Waals surface area contributed by atoms with Crippen molar-refractivity contribution >= 4 is 29.2 Å². The number of carbonyl (C=O) groups is 2. The maximum atomic E-state index is 12.4. The second-order valence-electron chi connectivity index (χ2n) is 5.04. The summed E-state index contributed by atoms with van der Waals surface area (Å²) in [6.45, 7) is 0.0805. The maximum Gasteiger partial charge on any atom is 0.337 e. The fraction of sp³-hybridized carbons (Fsp3) is 0.176. The van der Waals surface area contributed by atoms with E-state index in [4.69, 9.17) is 21.1 Å². The highest BCUT2D eigenvalue weighted by molar-refractivity contribution is 6.34. The van der Waals surface area contributed by atoms with Crippen molar-refractivity contribution in [3.63, 3.8) is 0 Å². The second kappa shape index (κ2) is 6.80. The zero-order chi connectivity index (χ0) is 17.1. The molecule has 3 rings (SSSR count). The summed E-state index contributed by atoms with van der Waals surface area (Å²) in [6, 6.07) is 11.6. The Morgan fingerprint density at radius 3 is 2.71 bits per heavy atom. The Balaban J connectivity index is 1.75. The molecule has 0 radical (unpaired) electrons. The van der Waals surface area contributed by atoms with Crippen molar-refractivity contribution in [2.45, 2.75) is 6.10 Å². The number of rotatable bonds is 3. The van der Waals surface area contributed by atoms with Crippen LogP contribution in [-0.2, 0) is 9.53 Å². The molecule has 0 spiro atoms. The van der Waals surface area contributed by atoms with Gasteiger partial charge < -0.3 is 19.5 Å². The average Bonchev–Trinajstić information content (AvgIpc) is 2.62. The van der Waals surface area contributed by atoms with Crippen molar-refractivity contribution < 1.29 is 23.8 Å². The van der Waals surface area contributed by atoms with Crippen molar-refractivity contribution in [1.29, 1.82) is 0 Å². The first-order valence-electron chi connectivity index (χ1n) is 7.15. The first-order valence-corrected chi connectivity index (χ1v) is 7.53. The Kier molecular flexibility index (Phi) is 4.57. The number of benzene rings is 2. The molecule has 0 saturated carbocycles. The Hall–Kier alpha value is -2.73. The lowest BCUT2D eigenvalue weighted by Crippen LogP contribution is -2.40. The monoisotopic (exact) mass is 347 g/mol. The van der Waals surface area contributed by atoms with Gasteiger partial charge in [0.25, 0.3) is 5.91 Å². The highest BCUT2D eigenvalue weighted by Crippen LogP contribution is 2.31. The molecule has 1 heterocycles. The van der Waals surface area contributed by atoms with Crippen molar-refractivity contribution in [1.82, 2.24) is 0 Å². The van der Waals surface area contributed by atoms with Crippen LogP contribution in [0.25, 0.3) is 0 Å². The Bertz CT molecular complexity index is 792. The number of ether oxygens (including phenoxy) is 3. The Labute approximate surface area is 143 Å². The SMILES string of the molecule is COC(=O)c1ccc(Cl)c(NC(=O)[C@H]2COc3ccccc3O2)c1. The van der Waals surface area contributed by atoms with Crippen LogP contribution in [0.2, 0.25) is 5.02 Å². The molecule has 0 bridgehead atoms. The van der Waals surface area contributed by atoms with Crippen molar-refractivity contribution in [3.05, 3.63) is 53.1 Å². The molecular weight excluding hydrogens is 334 g/mol. The van der Waals surface area contributed by atoms with Gasteiger partial charge in [-0.25, -0.2) is 4.79 Å². The number of halogens is 1. The minimum Gasteiger partial charge on any atom is -0.485 e. The highest BCUT2D eigenvalue weighted by Gasteiger charge is 2.27. The van der Waals surface area contributed by atoms with Crippen LogP contribution in [0.5, 0.6) is 11.5 Å². The van der Waals surface area contributed by atoms with E-state index in [2.05, 4.69) is 10.1 Å². The fourth-order valence-electron chi connectivity index (χ4n) is 2.23. The molecule has 0 saturated heterocycles. The molecule has 7 heteroatoms. The van der Waals surface area contributed by atoms with Crippen LogP contribution in [0.15, 0.2) is 42.5 Å². The molecule has 1 atom stereocenters. The molecule has 6 nitrogen and oxygen atoms in total. The first kappa shape index (κ1) is 16.1. The van der Waals surface area contributed by atoms with E-state index in [1.165, 1.54) is 25.3 Å². The largest absolute Gasteiger partial charge is 0.485 e. The molecule has 0 aliphatic carbocycles. The normalized spacial score (nSPS) is 15.5. The lowest BCUT2D eigenvalue weighted by atomic mass is 10.2. The van der Waals surface area contributed by atoms with E-state index in [9.17, 15) is 9.59 Å². The van der Waals surface area contributed by atoms with E-state index < -0.39 is 18.0 Å². The molecule has 0 unspecified atom stereocenters. The number of amides is 1. The molecule has 2 aromatic rings. The van der Waals surface area contributed by atoms with Crippen LogP contribution in [0.3, 0.4) is 0 Å². The Morgan fingerprint density at radius 2 is 1.96 bits per heavy atom. The molecule has 1 N–H and O–H groups in total. The first-order chi connectivity index (χ1) is 11.6. The zero-order valence-electron chi connectivity index (χ0n) is 12.7. The van der Waals surface area contributed by atoms with Gasteiger partial charge in [0.1, 0.15) is 6.61 Å². The molecule has 0 fully saturated rings. The minimum atomic E-state index is -0.822. The minimum absolute atomic E-state index is 0.0805. The third-order valence-electron chi connectivity index (χ3n) is 3.45. The topological polar surface area (TPSA) is 73.9 Å². The van der Waals surface area contributed by atoms with Crippen molar-refractivity contribution in [2.75, 3.05) is 19.0 Å². The summed E-state index contributed by atoms with van der Waals surface area (Å²) in [6.07, 6.45) is -0.822. The maximum absolute atomic E-state index is 12.4. The van der Waals surface area contributed by atoms with Crippen LogP contribution >= 0.6 is 11.6 Å². The lowest BCUT2D eigenvalue weighted by Gasteiger charge is -2.25. The third kappa shape index (κ3) is 3.28. The standard InChI is InChI=1S/C17H14ClNO5/c1-22-17(21)10-6-7-11(18)12(8-10)19-16(20)15-9-23-13-4-2-3-5-14(13)24-15/h2-8,15H,9H2,1H3,(H,19,20)/t15-/m1/s1. The number of hydrogen-bond acceptors (Lipinski definition) is 5. The van der Waals surface area contributed by atoms with E-state index in [0.29, 0.717) is 22.2 Å². The molecule has 24 heavy (non-hydrogen) atoms. The number of carbonyl (C=O) groups excluding carboxylic acids is 2. The molecule has 0 aromatic heterocycles. The fourth-order valence-corrected chi connectivity index (χ4v) is 2.39. The molecule has 1 aliphatic heterocycles. The molecular formula is C17H14ClNO5. The predicted molar refractivity (Wildman–Crippen MR) is 87.8 cm³/mol. The van der Waals surface area contributed by atoms with E-state index in [0.717, 1.165) is 0 Å². The van der Waals surface area contributed by atoms with E-state index in [1.807, 2.05) is 6.07 Å². The number of methoxy groups -OCH3 is 1. The molecule has 1 amide bonds. The third-order valence-corrected chi connectivity index (χ3v) is 3.78. The van der Waals surface area contributed by atoms with Gasteiger partial charge in [0, 0.05) is 0 Å². The van der Waals surface area contributed by atoms with Gasteiger partial charge in [-0.2, -0.15) is 0 Å². The average molecular weight is 348 g/mol. The van der Waals surface area contributed by atoms with Crippen LogP contribution in [0.1, 0.15) is 10.4 Å². The number of anilines is 1. The number of fused-ring (bicyclic) bond motifs is 1. The van der Waals surface area contributed by atoms with E-state index >= 15 is 0 Å². The van der Waals surface area contributed by atoms with Crippen molar-refractivity contribution in [3.8, 4) is 11.5 Å². The van der Waals surface area contributed by atoms with E-state index in [-0.39, 0.29) is 12.2 Å². The lowest BCUT2D eigenvalue weighted by molar-refractivity contribution is -0.125. The van der Waals surface area contributed by atoms with Gasteiger partial charge in [0.2, 0.25) is 6.10 Å². The number of hydrogen-bond donors (Lipinski definition) is 1. The summed E-state index contributed by atoms with van der Waals surface area (Å²) >= 11 is 6.07. The van der Waals surface area contributed by atoms with Gasteiger partial charge in [-0.1, -0.05) is 23.7 Å². The summed E-state index contributed by atoms with van der Waals surface area (Å²) in [5.41, 5.74) is 0.579. The van der Waals surface area contributed by atoms with Gasteiger partial charge in [-0.05, 0) is 30.3 Å². The Morgan fingerprint density at radius 1 is 1.21 bits per heavy atom. The summed E-state index contributed by atoms with van der Waals surface area (Å²) < 4.78 is 15.8. The summed E-state index contributed by atoms with van der Waals surface area (Å²) in [7, 11) is 1.28. The highest BCUT2D eigenvalue weighted by atomic mass is 35.5. The van der Waals surface area contributed by atoms with Gasteiger partial charge in [0.15, 0.2) is 11.5 Å². The predicted octanol–water partition coefficient (Wildman–Crippen LogP) is 2.91. The van der Waals surface area contributed by atoms with Gasteiger partial charge >= 0.3 is 5.97 Å². The second-order valence-corrected chi connectivity index (χ2v) is 5.45. The summed E-state index contributed by atoms with van der Waals surface area (Å²) in [4.78, 5) is 24.0. The quantitative estimate of drug-likeness (QED) is 0.864. The van der Waals surface area contributed by atoms with Gasteiger partial charge in [0.05, 0.1) is 23.4 Å². The van der Waals surface area contributed by atoms with Crippen LogP contribution in [0.4, 0.5) is 5.69 Å². The van der Waals surface area contributed by atoms with E-state index in [1.54, 1.807) is 18.2 Å². The van der Waals surface area contributed by atoms with Crippen LogP contribution in [0, 0.1) is 0 Å². The molecule has 124 valence electrons. The number of nitrogens with one attached hydrogen (secondary N) is 1. The number of para-hydroxylation sites is 2. The van der Waals surface area contributed by atoms with Crippen LogP contribution in [-0.4, -0.2) is 31.7 Å². The summed E-state index contributed by atoms with van der Waals surface area (Å²) in [5, 5.41) is 2.95. The smallest absolute Gasteiger partial charge is 0.337 e. The van der Waals surface area contributed by atoms with Crippen LogP contribution < -0.4 is 14.8 Å². The summed E-state index contributed by atoms with van der Waals surface area (Å²) in [5.74, 6) is 0.146.